The second kappa shape index (κ2) is 4.25. The first-order chi connectivity index (χ1) is 5.60. The Balaban J connectivity index is 4.78. The van der Waals surface area contributed by atoms with Crippen LogP contribution < -0.4 is 0 Å². The number of thiol groups is 1. The van der Waals surface area contributed by atoms with Crippen LogP contribution in [-0.2, 0) is 0 Å². The van der Waals surface area contributed by atoms with Crippen LogP contribution in [0.25, 0.3) is 0 Å². The Kier molecular flexibility index (Phi) is 4.36. The summed E-state index contributed by atoms with van der Waals surface area (Å²) in [5.74, 6) is 0. The summed E-state index contributed by atoms with van der Waals surface area (Å²) < 4.78 is 0.978. The van der Waals surface area contributed by atoms with Gasteiger partial charge in [0.25, 0.3) is 0 Å². The van der Waals surface area contributed by atoms with Gasteiger partial charge >= 0.3 is 0 Å². The summed E-state index contributed by atoms with van der Waals surface area (Å²) in [5.41, 5.74) is 0. The summed E-state index contributed by atoms with van der Waals surface area (Å²) in [5, 5.41) is 0.884. The van der Waals surface area contributed by atoms with Crippen LogP contribution in [-0.4, -0.2) is 14.7 Å². The lowest BCUT2D eigenvalue weighted by atomic mass is 10.2. The largest absolute Gasteiger partial charge is 0.241 e. The van der Waals surface area contributed by atoms with Crippen molar-refractivity contribution in [2.24, 2.45) is 0 Å². The minimum atomic E-state index is 0.0959. The van der Waals surface area contributed by atoms with Crippen molar-refractivity contribution in [3.05, 3.63) is 0 Å². The summed E-state index contributed by atoms with van der Waals surface area (Å²) in [6.45, 7) is 19.1. The Morgan fingerprint density at radius 1 is 0.923 bits per heavy atom. The maximum atomic E-state index is 2.42. The first-order valence-electron chi connectivity index (χ1n) is 5.40. The van der Waals surface area contributed by atoms with Crippen LogP contribution in [0.3, 0.4) is 0 Å². The standard InChI is InChI=1S/C12H28S/c1-9-10(2)13(11(3,4)5)12(6,7)8/h10,13H,9H2,1-8H3. The summed E-state index contributed by atoms with van der Waals surface area (Å²) in [4.78, 5) is 0. The molecule has 0 saturated heterocycles. The first kappa shape index (κ1) is 13.4. The van der Waals surface area contributed by atoms with Gasteiger partial charge < -0.3 is 0 Å². The van der Waals surface area contributed by atoms with Gasteiger partial charge in [0.1, 0.15) is 0 Å². The second-order valence-electron chi connectivity index (χ2n) is 5.97. The first-order valence-corrected chi connectivity index (χ1v) is 6.81. The van der Waals surface area contributed by atoms with E-state index in [0.717, 1.165) is 5.25 Å². The average molecular weight is 204 g/mol. The summed E-state index contributed by atoms with van der Waals surface area (Å²) >= 11 is 0. The molecule has 1 atom stereocenters. The molecule has 0 nitrogen and oxygen atoms in total. The summed E-state index contributed by atoms with van der Waals surface area (Å²) in [7, 11) is 0.0959. The van der Waals surface area contributed by atoms with E-state index >= 15 is 0 Å². The van der Waals surface area contributed by atoms with Crippen LogP contribution in [0.5, 0.6) is 0 Å². The molecule has 0 aliphatic carbocycles. The molecule has 0 N–H and O–H groups in total. The maximum Gasteiger partial charge on any atom is -0.0100 e. The highest BCUT2D eigenvalue weighted by molar-refractivity contribution is 8.19. The molecule has 1 unspecified atom stereocenters. The zero-order valence-corrected chi connectivity index (χ0v) is 11.6. The van der Waals surface area contributed by atoms with Gasteiger partial charge in [-0.15, -0.1) is 0 Å². The predicted molar refractivity (Wildman–Crippen MR) is 68.2 cm³/mol. The quantitative estimate of drug-likeness (QED) is 0.634. The molecule has 0 saturated carbocycles. The van der Waals surface area contributed by atoms with Crippen molar-refractivity contribution in [1.82, 2.24) is 0 Å². The SMILES string of the molecule is CCC(C)[SH](C(C)(C)C)C(C)(C)C. The number of rotatable bonds is 2. The summed E-state index contributed by atoms with van der Waals surface area (Å²) in [6, 6.07) is 0. The average Bonchev–Trinajstić information content (AvgIpc) is 1.80. The van der Waals surface area contributed by atoms with Crippen molar-refractivity contribution in [2.45, 2.75) is 76.6 Å². The van der Waals surface area contributed by atoms with Crippen LogP contribution in [0.2, 0.25) is 0 Å². The monoisotopic (exact) mass is 204 g/mol. The van der Waals surface area contributed by atoms with Crippen LogP contribution in [0, 0.1) is 0 Å². The van der Waals surface area contributed by atoms with Gasteiger partial charge in [-0.05, 0) is 21.2 Å². The smallest absolute Gasteiger partial charge is 0.0100 e. The molecule has 0 rings (SSSR count). The fourth-order valence-electron chi connectivity index (χ4n) is 2.51. The van der Waals surface area contributed by atoms with Crippen LogP contribution in [0.4, 0.5) is 0 Å². The van der Waals surface area contributed by atoms with Gasteiger partial charge in [-0.1, -0.05) is 55.4 Å². The van der Waals surface area contributed by atoms with Gasteiger partial charge in [0, 0.05) is 0 Å². The maximum absolute atomic E-state index is 2.42. The lowest BCUT2D eigenvalue weighted by molar-refractivity contribution is 0.701. The molecule has 0 spiro atoms. The van der Waals surface area contributed by atoms with E-state index in [0.29, 0.717) is 9.49 Å². The Labute approximate surface area is 87.8 Å². The van der Waals surface area contributed by atoms with Gasteiger partial charge in [-0.3, -0.25) is 0 Å². The van der Waals surface area contributed by atoms with E-state index in [1.54, 1.807) is 0 Å². The van der Waals surface area contributed by atoms with Gasteiger partial charge in [-0.2, -0.15) is 0 Å². The van der Waals surface area contributed by atoms with E-state index < -0.39 is 0 Å². The minimum Gasteiger partial charge on any atom is -0.241 e. The Hall–Kier alpha value is 0.350. The van der Waals surface area contributed by atoms with Crippen LogP contribution in [0.1, 0.15) is 61.8 Å². The lowest BCUT2D eigenvalue weighted by Crippen LogP contribution is -2.33. The van der Waals surface area contributed by atoms with Crippen LogP contribution >= 0.6 is 10.9 Å². The van der Waals surface area contributed by atoms with Gasteiger partial charge in [0.05, 0.1) is 0 Å². The van der Waals surface area contributed by atoms with E-state index in [1.807, 2.05) is 0 Å². The van der Waals surface area contributed by atoms with Crippen molar-refractivity contribution in [3.63, 3.8) is 0 Å². The zero-order valence-electron chi connectivity index (χ0n) is 10.7. The zero-order chi connectivity index (χ0) is 10.9. The Bertz CT molecular complexity index is 133. The highest BCUT2D eigenvalue weighted by Gasteiger charge is 2.33. The van der Waals surface area contributed by atoms with E-state index in [1.165, 1.54) is 6.42 Å². The highest BCUT2D eigenvalue weighted by Crippen LogP contribution is 2.55. The van der Waals surface area contributed by atoms with E-state index in [2.05, 4.69) is 55.4 Å². The number of hydrogen-bond acceptors (Lipinski definition) is 0. The molecule has 82 valence electrons. The topological polar surface area (TPSA) is 0 Å². The van der Waals surface area contributed by atoms with E-state index in [4.69, 9.17) is 0 Å². The molecular weight excluding hydrogens is 176 g/mol. The third-order valence-corrected chi connectivity index (χ3v) is 6.61. The molecule has 0 fully saturated rings. The van der Waals surface area contributed by atoms with Crippen molar-refractivity contribution in [3.8, 4) is 0 Å². The van der Waals surface area contributed by atoms with E-state index in [9.17, 15) is 0 Å². The normalized spacial score (nSPS) is 17.1. The fraction of sp³-hybridized carbons (Fsp3) is 1.00. The lowest BCUT2D eigenvalue weighted by Gasteiger charge is -2.49. The van der Waals surface area contributed by atoms with Crippen molar-refractivity contribution >= 4 is 10.9 Å². The molecule has 0 bridgehead atoms. The minimum absolute atomic E-state index is 0.0959. The van der Waals surface area contributed by atoms with Gasteiger partial charge in [0.2, 0.25) is 0 Å². The Morgan fingerprint density at radius 3 is 1.31 bits per heavy atom. The molecule has 0 heterocycles. The van der Waals surface area contributed by atoms with Crippen molar-refractivity contribution in [2.75, 3.05) is 0 Å². The van der Waals surface area contributed by atoms with E-state index in [-0.39, 0.29) is 10.9 Å². The van der Waals surface area contributed by atoms with Crippen molar-refractivity contribution < 1.29 is 0 Å². The Morgan fingerprint density at radius 2 is 1.23 bits per heavy atom. The molecule has 0 aromatic heterocycles. The molecule has 0 amide bonds. The fourth-order valence-corrected chi connectivity index (χ4v) is 7.53. The third-order valence-electron chi connectivity index (χ3n) is 2.48. The molecule has 0 aliphatic rings. The van der Waals surface area contributed by atoms with Gasteiger partial charge in [0.15, 0.2) is 0 Å². The number of hydrogen-bond donors (Lipinski definition) is 1. The van der Waals surface area contributed by atoms with Crippen molar-refractivity contribution in [1.29, 1.82) is 0 Å². The second-order valence-corrected chi connectivity index (χ2v) is 10.3. The highest BCUT2D eigenvalue weighted by atomic mass is 32.2. The third kappa shape index (κ3) is 3.93. The van der Waals surface area contributed by atoms with Gasteiger partial charge in [-0.25, -0.2) is 10.9 Å². The molecule has 1 heteroatoms. The summed E-state index contributed by atoms with van der Waals surface area (Å²) in [6.07, 6.45) is 1.32. The molecule has 0 aromatic carbocycles. The molecule has 0 aliphatic heterocycles. The molecular formula is C12H28S. The predicted octanol–water partition coefficient (Wildman–Crippen LogP) is 4.38. The molecule has 0 aromatic rings. The van der Waals surface area contributed by atoms with Crippen LogP contribution in [0.15, 0.2) is 0 Å². The molecule has 13 heavy (non-hydrogen) atoms. The molecule has 0 radical (unpaired) electrons.